The minimum Gasteiger partial charge on any atom is -0.486 e. The third kappa shape index (κ3) is 4.47. The lowest BCUT2D eigenvalue weighted by atomic mass is 10.2. The van der Waals surface area contributed by atoms with E-state index in [1.807, 2.05) is 31.2 Å². The van der Waals surface area contributed by atoms with Crippen molar-refractivity contribution in [1.29, 1.82) is 0 Å². The molecule has 2 rings (SSSR count). The Morgan fingerprint density at radius 3 is 2.85 bits per heavy atom. The van der Waals surface area contributed by atoms with Gasteiger partial charge in [0.2, 0.25) is 0 Å². The molecule has 0 aromatic carbocycles. The summed E-state index contributed by atoms with van der Waals surface area (Å²) in [5.41, 5.74) is 1.96. The minimum absolute atomic E-state index is 0.531. The first-order valence-corrected chi connectivity index (χ1v) is 7.92. The van der Waals surface area contributed by atoms with Crippen molar-refractivity contribution in [3.8, 4) is 5.75 Å². The molecule has 0 saturated carbocycles. The van der Waals surface area contributed by atoms with Gasteiger partial charge in [-0.25, -0.2) is 0 Å². The summed E-state index contributed by atoms with van der Waals surface area (Å²) in [6, 6.07) is 7.84. The molecule has 20 heavy (non-hydrogen) atoms. The summed E-state index contributed by atoms with van der Waals surface area (Å²) in [6.07, 6.45) is 1.11. The van der Waals surface area contributed by atoms with Crippen LogP contribution < -0.4 is 10.1 Å². The molecule has 0 atom stereocenters. The Morgan fingerprint density at radius 2 is 2.15 bits per heavy atom. The molecule has 2 aromatic rings. The molecule has 0 radical (unpaired) electrons. The minimum atomic E-state index is 0.531. The fourth-order valence-electron chi connectivity index (χ4n) is 1.82. The Morgan fingerprint density at radius 1 is 1.30 bits per heavy atom. The SMILES string of the molecule is CCCNCc1nc(C)ccc1OCc1ccc(Cl)s1. The quantitative estimate of drug-likeness (QED) is 0.779. The van der Waals surface area contributed by atoms with E-state index in [2.05, 4.69) is 17.2 Å². The van der Waals surface area contributed by atoms with Gasteiger partial charge in [-0.1, -0.05) is 18.5 Å². The van der Waals surface area contributed by atoms with Crippen molar-refractivity contribution in [3.63, 3.8) is 0 Å². The zero-order valence-corrected chi connectivity index (χ0v) is 13.4. The van der Waals surface area contributed by atoms with Crippen LogP contribution >= 0.6 is 22.9 Å². The molecule has 108 valence electrons. The molecule has 0 aliphatic rings. The van der Waals surface area contributed by atoms with E-state index in [4.69, 9.17) is 16.3 Å². The van der Waals surface area contributed by atoms with E-state index in [0.717, 1.165) is 45.9 Å². The van der Waals surface area contributed by atoms with Gasteiger partial charge in [-0.15, -0.1) is 11.3 Å². The van der Waals surface area contributed by atoms with Crippen molar-refractivity contribution >= 4 is 22.9 Å². The third-order valence-electron chi connectivity index (χ3n) is 2.79. The summed E-state index contributed by atoms with van der Waals surface area (Å²) in [5, 5.41) is 3.36. The van der Waals surface area contributed by atoms with Gasteiger partial charge >= 0.3 is 0 Å². The predicted octanol–water partition coefficient (Wildman–Crippen LogP) is 4.18. The second-order valence-electron chi connectivity index (χ2n) is 4.57. The molecular weight excluding hydrogens is 292 g/mol. The van der Waals surface area contributed by atoms with E-state index in [1.165, 1.54) is 0 Å². The normalized spacial score (nSPS) is 10.8. The molecule has 0 saturated heterocycles. The highest BCUT2D eigenvalue weighted by molar-refractivity contribution is 7.16. The van der Waals surface area contributed by atoms with E-state index in [9.17, 15) is 0 Å². The lowest BCUT2D eigenvalue weighted by Crippen LogP contribution is -2.16. The van der Waals surface area contributed by atoms with E-state index in [1.54, 1.807) is 11.3 Å². The molecule has 0 bridgehead atoms. The lowest BCUT2D eigenvalue weighted by Gasteiger charge is -2.11. The highest BCUT2D eigenvalue weighted by atomic mass is 35.5. The third-order valence-corrected chi connectivity index (χ3v) is 3.99. The van der Waals surface area contributed by atoms with Crippen molar-refractivity contribution in [2.75, 3.05) is 6.54 Å². The number of aromatic nitrogens is 1. The van der Waals surface area contributed by atoms with Gasteiger partial charge in [0.25, 0.3) is 0 Å². The van der Waals surface area contributed by atoms with E-state index in [-0.39, 0.29) is 0 Å². The molecule has 0 fully saturated rings. The fourth-order valence-corrected chi connectivity index (χ4v) is 2.82. The number of ether oxygens (including phenoxy) is 1. The largest absolute Gasteiger partial charge is 0.486 e. The van der Waals surface area contributed by atoms with Crippen LogP contribution in [-0.2, 0) is 13.2 Å². The molecule has 2 heterocycles. The summed E-state index contributed by atoms with van der Waals surface area (Å²) in [4.78, 5) is 5.67. The molecule has 5 heteroatoms. The monoisotopic (exact) mass is 310 g/mol. The standard InChI is InChI=1S/C15H19ClN2OS/c1-3-8-17-9-13-14(6-4-11(2)18-13)19-10-12-5-7-15(16)20-12/h4-7,17H,3,8-10H2,1-2H3. The molecule has 0 spiro atoms. The molecule has 0 amide bonds. The van der Waals surface area contributed by atoms with Crippen LogP contribution in [0.4, 0.5) is 0 Å². The molecule has 0 unspecified atom stereocenters. The number of halogens is 1. The summed E-state index contributed by atoms with van der Waals surface area (Å²) in [7, 11) is 0. The predicted molar refractivity (Wildman–Crippen MR) is 84.6 cm³/mol. The van der Waals surface area contributed by atoms with Crippen LogP contribution in [0.3, 0.4) is 0 Å². The molecule has 2 aromatic heterocycles. The summed E-state index contributed by atoms with van der Waals surface area (Å²) in [5.74, 6) is 0.837. The number of pyridine rings is 1. The van der Waals surface area contributed by atoms with Gasteiger partial charge in [-0.2, -0.15) is 0 Å². The van der Waals surface area contributed by atoms with Gasteiger partial charge in [0.1, 0.15) is 12.4 Å². The number of hydrogen-bond acceptors (Lipinski definition) is 4. The maximum absolute atomic E-state index is 5.92. The molecule has 0 aliphatic carbocycles. The van der Waals surface area contributed by atoms with Gasteiger partial charge in [0, 0.05) is 17.1 Å². The van der Waals surface area contributed by atoms with Crippen LogP contribution in [0.25, 0.3) is 0 Å². The highest BCUT2D eigenvalue weighted by Gasteiger charge is 2.07. The smallest absolute Gasteiger partial charge is 0.142 e. The van der Waals surface area contributed by atoms with E-state index < -0.39 is 0 Å². The first kappa shape index (κ1) is 15.3. The van der Waals surface area contributed by atoms with Crippen LogP contribution in [0.5, 0.6) is 5.75 Å². The van der Waals surface area contributed by atoms with Crippen molar-refractivity contribution in [2.45, 2.75) is 33.4 Å². The molecular formula is C15H19ClN2OS. The second-order valence-corrected chi connectivity index (χ2v) is 6.37. The van der Waals surface area contributed by atoms with Crippen molar-refractivity contribution in [2.24, 2.45) is 0 Å². The van der Waals surface area contributed by atoms with Crippen molar-refractivity contribution in [3.05, 3.63) is 44.9 Å². The number of nitrogens with one attached hydrogen (secondary N) is 1. The number of rotatable bonds is 7. The zero-order valence-electron chi connectivity index (χ0n) is 11.8. The van der Waals surface area contributed by atoms with Gasteiger partial charge < -0.3 is 10.1 Å². The van der Waals surface area contributed by atoms with Crippen LogP contribution in [0.15, 0.2) is 24.3 Å². The average Bonchev–Trinajstić information content (AvgIpc) is 2.84. The maximum atomic E-state index is 5.92. The van der Waals surface area contributed by atoms with Crippen LogP contribution in [-0.4, -0.2) is 11.5 Å². The van der Waals surface area contributed by atoms with E-state index >= 15 is 0 Å². The number of thiophene rings is 1. The van der Waals surface area contributed by atoms with Gasteiger partial charge in [-0.05, 0) is 44.2 Å². The maximum Gasteiger partial charge on any atom is 0.142 e. The Kier molecular flexibility index (Phi) is 5.83. The van der Waals surface area contributed by atoms with Crippen molar-refractivity contribution in [1.82, 2.24) is 10.3 Å². The Bertz CT molecular complexity index is 557. The molecule has 0 aliphatic heterocycles. The fraction of sp³-hybridized carbons (Fsp3) is 0.400. The lowest BCUT2D eigenvalue weighted by molar-refractivity contribution is 0.303. The number of hydrogen-bond donors (Lipinski definition) is 1. The average molecular weight is 311 g/mol. The topological polar surface area (TPSA) is 34.2 Å². The van der Waals surface area contributed by atoms with Gasteiger partial charge in [-0.3, -0.25) is 4.98 Å². The molecule has 1 N–H and O–H groups in total. The summed E-state index contributed by atoms with van der Waals surface area (Å²) < 4.78 is 6.66. The Hall–Kier alpha value is -1.10. The van der Waals surface area contributed by atoms with Gasteiger partial charge in [0.15, 0.2) is 0 Å². The van der Waals surface area contributed by atoms with Crippen LogP contribution in [0.2, 0.25) is 4.34 Å². The van der Waals surface area contributed by atoms with Gasteiger partial charge in [0.05, 0.1) is 10.0 Å². The molecule has 3 nitrogen and oxygen atoms in total. The highest BCUT2D eigenvalue weighted by Crippen LogP contribution is 2.24. The van der Waals surface area contributed by atoms with E-state index in [0.29, 0.717) is 6.61 Å². The summed E-state index contributed by atoms with van der Waals surface area (Å²) in [6.45, 7) is 6.38. The number of nitrogens with zero attached hydrogens (tertiary/aromatic N) is 1. The number of aryl methyl sites for hydroxylation is 1. The van der Waals surface area contributed by atoms with Crippen molar-refractivity contribution < 1.29 is 4.74 Å². The Labute approximate surface area is 129 Å². The van der Waals surface area contributed by atoms with Crippen LogP contribution in [0, 0.1) is 6.92 Å². The Balaban J connectivity index is 2.01. The first-order valence-electron chi connectivity index (χ1n) is 6.73. The first-order chi connectivity index (χ1) is 9.69. The second kappa shape index (κ2) is 7.62. The summed E-state index contributed by atoms with van der Waals surface area (Å²) >= 11 is 7.46. The zero-order chi connectivity index (χ0) is 14.4. The van der Waals surface area contributed by atoms with Crippen LogP contribution in [0.1, 0.15) is 29.6 Å².